The van der Waals surface area contributed by atoms with Gasteiger partial charge in [-0.3, -0.25) is 19.2 Å². The van der Waals surface area contributed by atoms with E-state index in [1.165, 1.54) is 12.0 Å². The van der Waals surface area contributed by atoms with E-state index in [1.807, 2.05) is 62.4 Å². The summed E-state index contributed by atoms with van der Waals surface area (Å²) in [5.41, 5.74) is 1.67. The van der Waals surface area contributed by atoms with Crippen LogP contribution in [0.5, 0.6) is 0 Å². The molecule has 4 aliphatic rings. The summed E-state index contributed by atoms with van der Waals surface area (Å²) in [5, 5.41) is 13.3. The molecule has 0 unspecified atom stereocenters. The molecule has 4 heterocycles. The number of nitrogens with one attached hydrogen (secondary N) is 1. The number of allylic oxidation sites excluding steroid dienone is 1. The topological polar surface area (TPSA) is 135 Å². The number of aliphatic hydroxyl groups excluding tert-OH is 1. The predicted molar refractivity (Wildman–Crippen MR) is 177 cm³/mol. The molecule has 2 N–H and O–H groups in total. The zero-order valence-corrected chi connectivity index (χ0v) is 27.7. The molecule has 0 radical (unpaired) electrons. The van der Waals surface area contributed by atoms with Gasteiger partial charge in [0.15, 0.2) is 0 Å². The van der Waals surface area contributed by atoms with E-state index in [-0.39, 0.29) is 25.5 Å². The monoisotopic (exact) mass is 657 g/mol. The molecular weight excluding hydrogens is 614 g/mol. The number of esters is 1. The van der Waals surface area contributed by atoms with E-state index < -0.39 is 72.2 Å². The molecule has 6 rings (SSSR count). The Hall–Kier alpha value is -4.32. The second-order valence-electron chi connectivity index (χ2n) is 13.1. The lowest BCUT2D eigenvalue weighted by Gasteiger charge is -2.38. The van der Waals surface area contributed by atoms with Crippen LogP contribution in [-0.4, -0.2) is 90.4 Å². The molecule has 4 aliphatic heterocycles. The molecule has 3 amide bonds. The number of fused-ring (bicyclic) bond motifs is 2. The summed E-state index contributed by atoms with van der Waals surface area (Å²) in [4.78, 5) is 60.0. The standard InChI is InChI=1S/C37H43N3O8/c1-22-14-15-23(2)27(19-22)39-18-10-6-9-13-29(42)38-26(21-46-4)32(25-11-7-5-8-12-25)47-36(45)30-28-16-17-37(48-28)31(30)34(43)40(24(3)20-41)33(37)35(39)44/h5-8,10-12,14-17,19,24,26,28,30-33,41H,9,13,18,20-21H2,1-4H3,(H,38,42)/b10-6-/t24-,26-,28+,30-,31-,32-,33+,37-/m1/s1. The lowest BCUT2D eigenvalue weighted by molar-refractivity contribution is -0.162. The lowest BCUT2D eigenvalue weighted by Crippen LogP contribution is -2.58. The summed E-state index contributed by atoms with van der Waals surface area (Å²) >= 11 is 0. The molecule has 2 aromatic carbocycles. The van der Waals surface area contributed by atoms with Gasteiger partial charge >= 0.3 is 5.97 Å². The first-order valence-corrected chi connectivity index (χ1v) is 16.5. The Balaban J connectivity index is 1.48. The summed E-state index contributed by atoms with van der Waals surface area (Å²) < 4.78 is 18.3. The van der Waals surface area contributed by atoms with Gasteiger partial charge in [-0.1, -0.05) is 66.8 Å². The molecule has 48 heavy (non-hydrogen) atoms. The van der Waals surface area contributed by atoms with Crippen molar-refractivity contribution in [1.82, 2.24) is 10.2 Å². The third-order valence-electron chi connectivity index (χ3n) is 9.90. The summed E-state index contributed by atoms with van der Waals surface area (Å²) in [6, 6.07) is 12.3. The van der Waals surface area contributed by atoms with Crippen LogP contribution in [-0.2, 0) is 33.4 Å². The fourth-order valence-corrected chi connectivity index (χ4v) is 7.59. The smallest absolute Gasteiger partial charge is 0.313 e. The Morgan fingerprint density at radius 2 is 1.83 bits per heavy atom. The summed E-state index contributed by atoms with van der Waals surface area (Å²) in [6.45, 7) is 5.37. The zero-order chi connectivity index (χ0) is 34.2. The molecule has 11 heteroatoms. The van der Waals surface area contributed by atoms with Crippen molar-refractivity contribution in [2.75, 3.05) is 31.8 Å². The van der Waals surface area contributed by atoms with Gasteiger partial charge in [0.05, 0.1) is 37.3 Å². The van der Waals surface area contributed by atoms with Crippen molar-refractivity contribution in [2.45, 2.75) is 69.5 Å². The number of ether oxygens (including phenoxy) is 3. The number of likely N-dealkylation sites (tertiary alicyclic amines) is 1. The number of benzene rings is 2. The highest BCUT2D eigenvalue weighted by Gasteiger charge is 2.74. The number of carbonyl (C=O) groups excluding carboxylic acids is 4. The van der Waals surface area contributed by atoms with Crippen molar-refractivity contribution in [2.24, 2.45) is 11.8 Å². The molecule has 2 fully saturated rings. The fraction of sp³-hybridized carbons (Fsp3) is 0.459. The van der Waals surface area contributed by atoms with Crippen molar-refractivity contribution in [3.05, 3.63) is 89.5 Å². The maximum Gasteiger partial charge on any atom is 0.313 e. The molecule has 0 saturated carbocycles. The van der Waals surface area contributed by atoms with Crippen LogP contribution >= 0.6 is 0 Å². The third kappa shape index (κ3) is 5.84. The van der Waals surface area contributed by atoms with Gasteiger partial charge in [0.25, 0.3) is 5.91 Å². The van der Waals surface area contributed by atoms with Gasteiger partial charge in [-0.15, -0.1) is 0 Å². The fourth-order valence-electron chi connectivity index (χ4n) is 7.59. The number of amides is 3. The Bertz CT molecular complexity index is 1630. The second-order valence-corrected chi connectivity index (χ2v) is 13.1. The molecule has 2 saturated heterocycles. The quantitative estimate of drug-likeness (QED) is 0.358. The van der Waals surface area contributed by atoms with Gasteiger partial charge in [-0.05, 0) is 49.9 Å². The van der Waals surface area contributed by atoms with Crippen molar-refractivity contribution >= 4 is 29.4 Å². The molecule has 254 valence electrons. The number of cyclic esters (lactones) is 1. The van der Waals surface area contributed by atoms with E-state index in [4.69, 9.17) is 14.2 Å². The van der Waals surface area contributed by atoms with E-state index in [9.17, 15) is 24.3 Å². The Morgan fingerprint density at radius 3 is 2.56 bits per heavy atom. The molecule has 8 atom stereocenters. The Labute approximate surface area is 280 Å². The zero-order valence-electron chi connectivity index (χ0n) is 27.7. The van der Waals surface area contributed by atoms with E-state index in [0.717, 1.165) is 11.1 Å². The predicted octanol–water partition coefficient (Wildman–Crippen LogP) is 2.93. The Kier molecular flexibility index (Phi) is 9.55. The van der Waals surface area contributed by atoms with Gasteiger partial charge in [-0.2, -0.15) is 0 Å². The van der Waals surface area contributed by atoms with Crippen LogP contribution < -0.4 is 10.2 Å². The number of hydrogen-bond acceptors (Lipinski definition) is 8. The van der Waals surface area contributed by atoms with Gasteiger partial charge in [0.1, 0.15) is 23.7 Å². The first kappa shape index (κ1) is 33.6. The number of carbonyl (C=O) groups is 4. The average molecular weight is 658 g/mol. The SMILES string of the molecule is COC[C@H]1NC(=O)CC/C=C\CN(c2cc(C)ccc2C)C(=O)[C@@H]2N([C@H](C)CO)C(=O)[C@H]3[C@H](C(=O)O[C@@H]1c1ccccc1)[C@@H]1C=C[C@]23O1. The van der Waals surface area contributed by atoms with E-state index in [1.54, 1.807) is 36.1 Å². The normalized spacial score (nSPS) is 31.9. The number of aliphatic hydroxyl groups is 1. The molecule has 5 bridgehead atoms. The van der Waals surface area contributed by atoms with Crippen LogP contribution in [0.4, 0.5) is 5.69 Å². The summed E-state index contributed by atoms with van der Waals surface area (Å²) in [7, 11) is 1.51. The van der Waals surface area contributed by atoms with Gasteiger partial charge < -0.3 is 34.4 Å². The molecule has 2 aromatic rings. The molecule has 0 aliphatic carbocycles. The van der Waals surface area contributed by atoms with Crippen LogP contribution in [0.1, 0.15) is 42.6 Å². The largest absolute Gasteiger partial charge is 0.455 e. The highest BCUT2D eigenvalue weighted by atomic mass is 16.6. The minimum absolute atomic E-state index is 0.0639. The molecule has 11 nitrogen and oxygen atoms in total. The first-order chi connectivity index (χ1) is 23.1. The summed E-state index contributed by atoms with van der Waals surface area (Å²) in [6.07, 6.45) is 5.97. The van der Waals surface area contributed by atoms with E-state index in [0.29, 0.717) is 17.7 Å². The highest BCUT2D eigenvalue weighted by Crippen LogP contribution is 2.56. The van der Waals surface area contributed by atoms with Crippen molar-refractivity contribution in [3.63, 3.8) is 0 Å². The second kappa shape index (κ2) is 13.7. The van der Waals surface area contributed by atoms with Crippen LogP contribution in [0, 0.1) is 25.7 Å². The van der Waals surface area contributed by atoms with Gasteiger partial charge in [-0.25, -0.2) is 0 Å². The highest BCUT2D eigenvalue weighted by molar-refractivity contribution is 6.05. The molecule has 0 aromatic heterocycles. The average Bonchev–Trinajstić information content (AvgIpc) is 3.73. The van der Waals surface area contributed by atoms with Crippen LogP contribution in [0.3, 0.4) is 0 Å². The van der Waals surface area contributed by atoms with Gasteiger partial charge in [0, 0.05) is 25.8 Å². The first-order valence-electron chi connectivity index (χ1n) is 16.5. The Morgan fingerprint density at radius 1 is 1.06 bits per heavy atom. The van der Waals surface area contributed by atoms with E-state index in [2.05, 4.69) is 5.32 Å². The number of aryl methyl sites for hydroxylation is 2. The minimum atomic E-state index is -1.46. The number of hydrogen-bond donors (Lipinski definition) is 2. The number of rotatable bonds is 6. The van der Waals surface area contributed by atoms with Crippen molar-refractivity contribution in [3.8, 4) is 0 Å². The third-order valence-corrected chi connectivity index (χ3v) is 9.90. The minimum Gasteiger partial charge on any atom is -0.455 e. The van der Waals surface area contributed by atoms with Crippen LogP contribution in [0.2, 0.25) is 0 Å². The van der Waals surface area contributed by atoms with Crippen molar-refractivity contribution < 1.29 is 38.5 Å². The van der Waals surface area contributed by atoms with Gasteiger partial charge in [0.2, 0.25) is 11.8 Å². The van der Waals surface area contributed by atoms with Crippen LogP contribution in [0.25, 0.3) is 0 Å². The number of nitrogens with zero attached hydrogens (tertiary/aromatic N) is 2. The molecule has 1 spiro atoms. The number of methoxy groups -OCH3 is 1. The van der Waals surface area contributed by atoms with E-state index >= 15 is 0 Å². The maximum atomic E-state index is 15.0. The lowest BCUT2D eigenvalue weighted by atomic mass is 9.74. The molecular formula is C37H43N3O8. The number of anilines is 1. The summed E-state index contributed by atoms with van der Waals surface area (Å²) in [5.74, 6) is -3.92. The van der Waals surface area contributed by atoms with Crippen molar-refractivity contribution in [1.29, 1.82) is 0 Å². The van der Waals surface area contributed by atoms with Crippen LogP contribution in [0.15, 0.2) is 72.8 Å². The maximum absolute atomic E-state index is 15.0.